The second-order valence-corrected chi connectivity index (χ2v) is 7.21. The summed E-state index contributed by atoms with van der Waals surface area (Å²) in [5.74, 6) is 0.869. The molecule has 6 heteroatoms. The van der Waals surface area contributed by atoms with Gasteiger partial charge >= 0.3 is 0 Å². The van der Waals surface area contributed by atoms with Crippen molar-refractivity contribution in [3.63, 3.8) is 0 Å². The van der Waals surface area contributed by atoms with Gasteiger partial charge in [0.05, 0.1) is 12.0 Å². The van der Waals surface area contributed by atoms with Crippen molar-refractivity contribution in [2.45, 2.75) is 38.1 Å². The zero-order chi connectivity index (χ0) is 15.8. The van der Waals surface area contributed by atoms with Crippen molar-refractivity contribution in [1.29, 1.82) is 0 Å². The van der Waals surface area contributed by atoms with Crippen LogP contribution in [0.3, 0.4) is 0 Å². The Kier molecular flexibility index (Phi) is 3.83. The Hall–Kier alpha value is -1.85. The summed E-state index contributed by atoms with van der Waals surface area (Å²) in [6.45, 7) is 3.01. The molecule has 3 aliphatic rings. The fourth-order valence-corrected chi connectivity index (χ4v) is 3.85. The molecule has 124 valence electrons. The van der Waals surface area contributed by atoms with Crippen molar-refractivity contribution in [2.24, 2.45) is 11.8 Å². The largest absolute Gasteiger partial charge is 0.342 e. The first-order valence-electron chi connectivity index (χ1n) is 8.76. The summed E-state index contributed by atoms with van der Waals surface area (Å²) < 4.78 is 1.96. The third-order valence-corrected chi connectivity index (χ3v) is 5.35. The highest BCUT2D eigenvalue weighted by Crippen LogP contribution is 2.32. The molecule has 23 heavy (non-hydrogen) atoms. The van der Waals surface area contributed by atoms with Gasteiger partial charge in [0.2, 0.25) is 11.8 Å². The summed E-state index contributed by atoms with van der Waals surface area (Å²) in [6.07, 6.45) is 8.68. The number of carbonyl (C=O) groups is 2. The van der Waals surface area contributed by atoms with Gasteiger partial charge in [0.15, 0.2) is 0 Å². The number of likely N-dealkylation sites (tertiary alicyclic amines) is 2. The molecule has 0 N–H and O–H groups in total. The molecular formula is C17H24N4O2. The number of carbonyl (C=O) groups excluding carboxylic acids is 2. The van der Waals surface area contributed by atoms with Crippen LogP contribution < -0.4 is 0 Å². The molecule has 2 saturated heterocycles. The molecule has 1 aromatic rings. The van der Waals surface area contributed by atoms with Crippen LogP contribution in [0, 0.1) is 11.8 Å². The minimum absolute atomic E-state index is 0.141. The van der Waals surface area contributed by atoms with Gasteiger partial charge in [-0.15, -0.1) is 0 Å². The van der Waals surface area contributed by atoms with E-state index in [1.165, 1.54) is 12.8 Å². The molecule has 4 rings (SSSR count). The summed E-state index contributed by atoms with van der Waals surface area (Å²) in [5, 5.41) is 4.31. The Bertz CT molecular complexity index is 581. The molecule has 0 bridgehead atoms. The van der Waals surface area contributed by atoms with Crippen LogP contribution in [0.1, 0.15) is 38.1 Å². The topological polar surface area (TPSA) is 58.4 Å². The molecule has 0 unspecified atom stereocenters. The van der Waals surface area contributed by atoms with Gasteiger partial charge in [-0.3, -0.25) is 14.3 Å². The van der Waals surface area contributed by atoms with E-state index in [2.05, 4.69) is 5.10 Å². The first kappa shape index (κ1) is 14.7. The van der Waals surface area contributed by atoms with E-state index in [9.17, 15) is 9.59 Å². The van der Waals surface area contributed by atoms with E-state index in [-0.39, 0.29) is 23.8 Å². The third-order valence-electron chi connectivity index (χ3n) is 5.35. The van der Waals surface area contributed by atoms with E-state index < -0.39 is 0 Å². The molecule has 6 nitrogen and oxygen atoms in total. The van der Waals surface area contributed by atoms with Crippen LogP contribution in [0.25, 0.3) is 0 Å². The smallest absolute Gasteiger partial charge is 0.228 e. The number of piperidine rings is 1. The minimum atomic E-state index is -0.141. The normalized spacial score (nSPS) is 28.4. The Morgan fingerprint density at radius 1 is 1.26 bits per heavy atom. The van der Waals surface area contributed by atoms with Gasteiger partial charge in [-0.2, -0.15) is 5.10 Å². The maximum atomic E-state index is 12.8. The van der Waals surface area contributed by atoms with E-state index in [1.807, 2.05) is 26.7 Å². The quantitative estimate of drug-likeness (QED) is 0.841. The van der Waals surface area contributed by atoms with Crippen LogP contribution >= 0.6 is 0 Å². The molecule has 1 aliphatic carbocycles. The Labute approximate surface area is 136 Å². The molecule has 3 heterocycles. The first-order chi connectivity index (χ1) is 11.2. The van der Waals surface area contributed by atoms with Gasteiger partial charge in [-0.25, -0.2) is 0 Å². The number of hydrogen-bond donors (Lipinski definition) is 0. The number of rotatable bonds is 4. The molecule has 2 atom stereocenters. The highest BCUT2D eigenvalue weighted by molar-refractivity contribution is 5.89. The van der Waals surface area contributed by atoms with E-state index in [4.69, 9.17) is 0 Å². The number of aromatic nitrogens is 2. The average molecular weight is 316 g/mol. The van der Waals surface area contributed by atoms with Crippen molar-refractivity contribution < 1.29 is 9.59 Å². The first-order valence-corrected chi connectivity index (χ1v) is 8.76. The van der Waals surface area contributed by atoms with Gasteiger partial charge in [-0.05, 0) is 37.7 Å². The van der Waals surface area contributed by atoms with Crippen molar-refractivity contribution in [3.8, 4) is 0 Å². The zero-order valence-corrected chi connectivity index (χ0v) is 13.4. The van der Waals surface area contributed by atoms with Gasteiger partial charge < -0.3 is 9.80 Å². The predicted octanol–water partition coefficient (Wildman–Crippen LogP) is 1.31. The van der Waals surface area contributed by atoms with Gasteiger partial charge in [-0.1, -0.05) is 0 Å². The lowest BCUT2D eigenvalue weighted by Gasteiger charge is -2.34. The third kappa shape index (κ3) is 3.12. The highest BCUT2D eigenvalue weighted by atomic mass is 16.2. The second kappa shape index (κ2) is 5.98. The lowest BCUT2D eigenvalue weighted by molar-refractivity contribution is -0.137. The molecular weight excluding hydrogens is 292 g/mol. The monoisotopic (exact) mass is 316 g/mol. The molecule has 0 spiro atoms. The molecule has 1 saturated carbocycles. The van der Waals surface area contributed by atoms with Gasteiger partial charge in [0, 0.05) is 45.0 Å². The number of nitrogens with zero attached hydrogens (tertiary/aromatic N) is 4. The Morgan fingerprint density at radius 2 is 2.13 bits per heavy atom. The molecule has 2 amide bonds. The molecule has 3 fully saturated rings. The summed E-state index contributed by atoms with van der Waals surface area (Å²) in [4.78, 5) is 28.8. The number of hydrogen-bond acceptors (Lipinski definition) is 3. The summed E-state index contributed by atoms with van der Waals surface area (Å²) in [5.41, 5.74) is 0. The van der Waals surface area contributed by atoms with Crippen LogP contribution in [-0.2, 0) is 9.59 Å². The van der Waals surface area contributed by atoms with Gasteiger partial charge in [0.25, 0.3) is 0 Å². The lowest BCUT2D eigenvalue weighted by atomic mass is 10.0. The van der Waals surface area contributed by atoms with Crippen molar-refractivity contribution in [2.75, 3.05) is 26.2 Å². The maximum Gasteiger partial charge on any atom is 0.228 e. The maximum absolute atomic E-state index is 12.8. The van der Waals surface area contributed by atoms with Crippen molar-refractivity contribution >= 4 is 11.8 Å². The zero-order valence-electron chi connectivity index (χ0n) is 13.4. The van der Waals surface area contributed by atoms with E-state index in [0.29, 0.717) is 25.4 Å². The molecule has 2 aliphatic heterocycles. The van der Waals surface area contributed by atoms with E-state index in [0.717, 1.165) is 25.9 Å². The fraction of sp³-hybridized carbons (Fsp3) is 0.706. The molecule has 1 aromatic heterocycles. The van der Waals surface area contributed by atoms with Crippen molar-refractivity contribution in [3.05, 3.63) is 18.5 Å². The van der Waals surface area contributed by atoms with E-state index in [1.54, 1.807) is 6.20 Å². The van der Waals surface area contributed by atoms with Crippen LogP contribution in [-0.4, -0.2) is 57.6 Å². The van der Waals surface area contributed by atoms with Crippen molar-refractivity contribution in [1.82, 2.24) is 19.6 Å². The van der Waals surface area contributed by atoms with Crippen LogP contribution in [0.5, 0.6) is 0 Å². The van der Waals surface area contributed by atoms with Crippen LogP contribution in [0.4, 0.5) is 0 Å². The highest BCUT2D eigenvalue weighted by Gasteiger charge is 2.39. The van der Waals surface area contributed by atoms with Crippen LogP contribution in [0.2, 0.25) is 0 Å². The minimum Gasteiger partial charge on any atom is -0.342 e. The van der Waals surface area contributed by atoms with Crippen LogP contribution in [0.15, 0.2) is 18.5 Å². The summed E-state index contributed by atoms with van der Waals surface area (Å²) in [6, 6.07) is 2.19. The van der Waals surface area contributed by atoms with E-state index >= 15 is 0 Å². The summed E-state index contributed by atoms with van der Waals surface area (Å²) in [7, 11) is 0. The lowest BCUT2D eigenvalue weighted by Crippen LogP contribution is -2.44. The second-order valence-electron chi connectivity index (χ2n) is 7.21. The Balaban J connectivity index is 1.37. The number of amides is 2. The predicted molar refractivity (Wildman–Crippen MR) is 84.5 cm³/mol. The fourth-order valence-electron chi connectivity index (χ4n) is 3.85. The molecule has 0 radical (unpaired) electrons. The average Bonchev–Trinajstić information content (AvgIpc) is 3.08. The molecule has 0 aromatic carbocycles. The summed E-state index contributed by atoms with van der Waals surface area (Å²) >= 11 is 0. The standard InChI is InChI=1S/C17H24N4O2/c22-16-9-14(11-20(16)10-13-4-5-13)17(23)19-7-1-3-15(12-19)21-8-2-6-18-21/h2,6,8,13-15H,1,3-5,7,9-12H2/t14-,15+/m1/s1. The Morgan fingerprint density at radius 3 is 2.87 bits per heavy atom. The SMILES string of the molecule is O=C1C[C@@H](C(=O)N2CCC[C@H](n3cccn3)C2)CN1CC1CC1. The van der Waals surface area contributed by atoms with Gasteiger partial charge in [0.1, 0.15) is 0 Å².